The van der Waals surface area contributed by atoms with Crippen molar-refractivity contribution in [2.75, 3.05) is 0 Å². The van der Waals surface area contributed by atoms with Crippen LogP contribution in [-0.4, -0.2) is 5.91 Å². The van der Waals surface area contributed by atoms with Crippen LogP contribution >= 0.6 is 15.9 Å². The fourth-order valence-electron chi connectivity index (χ4n) is 2.31. The molecule has 0 aliphatic rings. The highest BCUT2D eigenvalue weighted by atomic mass is 79.9. The maximum Gasteiger partial charge on any atom is 0.252 e. The minimum Gasteiger partial charge on any atom is -0.345 e. The molecule has 2 rings (SSSR count). The fraction of sp³-hybridized carbons (Fsp3) is 0.235. The molecule has 1 atom stereocenters. The summed E-state index contributed by atoms with van der Waals surface area (Å²) in [4.78, 5) is 12.3. The van der Waals surface area contributed by atoms with Gasteiger partial charge in [-0.2, -0.15) is 0 Å². The molecule has 3 heteroatoms. The van der Waals surface area contributed by atoms with Crippen LogP contribution in [0.25, 0.3) is 0 Å². The van der Waals surface area contributed by atoms with Crippen LogP contribution in [0.2, 0.25) is 0 Å². The minimum atomic E-state index is -0.0649. The van der Waals surface area contributed by atoms with Crippen molar-refractivity contribution in [3.63, 3.8) is 0 Å². The van der Waals surface area contributed by atoms with Crippen LogP contribution in [0.5, 0.6) is 0 Å². The molecule has 0 aromatic heterocycles. The van der Waals surface area contributed by atoms with Crippen LogP contribution in [-0.2, 0) is 0 Å². The SMILES string of the molecule is Cc1ccc([C@H](C)NC(=O)c2ccccc2Br)c(C)c1. The maximum absolute atomic E-state index is 12.3. The standard InChI is InChI=1S/C17H18BrNO/c1-11-8-9-14(12(2)10-11)13(3)19-17(20)15-6-4-5-7-16(15)18/h4-10,13H,1-3H3,(H,19,20)/t13-/m0/s1. The second-order valence-electron chi connectivity index (χ2n) is 5.04. The van der Waals surface area contributed by atoms with Gasteiger partial charge in [-0.1, -0.05) is 35.9 Å². The van der Waals surface area contributed by atoms with Gasteiger partial charge in [0.25, 0.3) is 5.91 Å². The first-order valence-electron chi connectivity index (χ1n) is 6.61. The van der Waals surface area contributed by atoms with E-state index in [-0.39, 0.29) is 11.9 Å². The normalized spacial score (nSPS) is 12.0. The quantitative estimate of drug-likeness (QED) is 0.877. The number of nitrogens with one attached hydrogen (secondary N) is 1. The number of aryl methyl sites for hydroxylation is 2. The zero-order chi connectivity index (χ0) is 14.7. The highest BCUT2D eigenvalue weighted by Crippen LogP contribution is 2.21. The van der Waals surface area contributed by atoms with Crippen LogP contribution in [0.4, 0.5) is 0 Å². The number of amides is 1. The number of carbonyl (C=O) groups excluding carboxylic acids is 1. The second-order valence-corrected chi connectivity index (χ2v) is 5.89. The molecule has 0 spiro atoms. The Morgan fingerprint density at radius 3 is 2.50 bits per heavy atom. The Hall–Kier alpha value is -1.61. The molecule has 20 heavy (non-hydrogen) atoms. The van der Waals surface area contributed by atoms with Crippen LogP contribution in [0.1, 0.15) is 40.0 Å². The minimum absolute atomic E-state index is 0.0183. The fourth-order valence-corrected chi connectivity index (χ4v) is 2.77. The van der Waals surface area contributed by atoms with Gasteiger partial charge in [0.2, 0.25) is 0 Å². The molecule has 0 fully saturated rings. The monoisotopic (exact) mass is 331 g/mol. The molecule has 0 aliphatic heterocycles. The van der Waals surface area contributed by atoms with Crippen molar-refractivity contribution in [3.8, 4) is 0 Å². The summed E-state index contributed by atoms with van der Waals surface area (Å²) in [5, 5.41) is 3.04. The van der Waals surface area contributed by atoms with Gasteiger partial charge in [-0.15, -0.1) is 0 Å². The molecule has 0 saturated heterocycles. The zero-order valence-electron chi connectivity index (χ0n) is 11.9. The smallest absolute Gasteiger partial charge is 0.252 e. The molecule has 1 amide bonds. The Morgan fingerprint density at radius 2 is 1.85 bits per heavy atom. The van der Waals surface area contributed by atoms with Gasteiger partial charge in [0.15, 0.2) is 0 Å². The van der Waals surface area contributed by atoms with E-state index in [1.807, 2.05) is 31.2 Å². The van der Waals surface area contributed by atoms with Gasteiger partial charge in [0, 0.05) is 4.47 Å². The van der Waals surface area contributed by atoms with Crippen molar-refractivity contribution in [3.05, 3.63) is 69.2 Å². The van der Waals surface area contributed by atoms with Crippen LogP contribution < -0.4 is 5.32 Å². The third-order valence-corrected chi connectivity index (χ3v) is 4.05. The van der Waals surface area contributed by atoms with Crippen molar-refractivity contribution in [1.29, 1.82) is 0 Å². The molecule has 0 heterocycles. The molecule has 2 nitrogen and oxygen atoms in total. The largest absolute Gasteiger partial charge is 0.345 e. The average molecular weight is 332 g/mol. The highest BCUT2D eigenvalue weighted by molar-refractivity contribution is 9.10. The summed E-state index contributed by atoms with van der Waals surface area (Å²) in [5.74, 6) is -0.0649. The molecular weight excluding hydrogens is 314 g/mol. The second kappa shape index (κ2) is 6.23. The first-order chi connectivity index (χ1) is 9.49. The van der Waals surface area contributed by atoms with Crippen LogP contribution in [0, 0.1) is 13.8 Å². The molecule has 0 bridgehead atoms. The zero-order valence-corrected chi connectivity index (χ0v) is 13.5. The summed E-state index contributed by atoms with van der Waals surface area (Å²) < 4.78 is 0.810. The van der Waals surface area contributed by atoms with E-state index in [2.05, 4.69) is 53.3 Å². The summed E-state index contributed by atoms with van der Waals surface area (Å²) in [5.41, 5.74) is 4.24. The summed E-state index contributed by atoms with van der Waals surface area (Å²) in [6, 6.07) is 13.7. The molecule has 0 unspecified atom stereocenters. The van der Waals surface area contributed by atoms with Crippen molar-refractivity contribution in [1.82, 2.24) is 5.32 Å². The predicted octanol–water partition coefficient (Wildman–Crippen LogP) is 4.56. The van der Waals surface area contributed by atoms with Gasteiger partial charge in [-0.3, -0.25) is 4.79 Å². The van der Waals surface area contributed by atoms with Crippen molar-refractivity contribution >= 4 is 21.8 Å². The number of halogens is 1. The molecule has 1 N–H and O–H groups in total. The van der Waals surface area contributed by atoms with E-state index in [1.54, 1.807) is 0 Å². The molecule has 2 aromatic rings. The van der Waals surface area contributed by atoms with Gasteiger partial charge >= 0.3 is 0 Å². The number of benzene rings is 2. The number of carbonyl (C=O) groups is 1. The molecule has 0 saturated carbocycles. The molecule has 2 aromatic carbocycles. The Morgan fingerprint density at radius 1 is 1.15 bits per heavy atom. The lowest BCUT2D eigenvalue weighted by molar-refractivity contribution is 0.0939. The van der Waals surface area contributed by atoms with Crippen molar-refractivity contribution in [2.45, 2.75) is 26.8 Å². The van der Waals surface area contributed by atoms with Gasteiger partial charge in [-0.05, 0) is 60.0 Å². The van der Waals surface area contributed by atoms with Crippen molar-refractivity contribution in [2.24, 2.45) is 0 Å². The topological polar surface area (TPSA) is 29.1 Å². The summed E-state index contributed by atoms with van der Waals surface area (Å²) >= 11 is 3.41. The maximum atomic E-state index is 12.3. The first-order valence-corrected chi connectivity index (χ1v) is 7.41. The molecule has 0 radical (unpaired) electrons. The average Bonchev–Trinajstić information content (AvgIpc) is 2.38. The van der Waals surface area contributed by atoms with Crippen LogP contribution in [0.3, 0.4) is 0 Å². The van der Waals surface area contributed by atoms with Gasteiger partial charge < -0.3 is 5.32 Å². The van der Waals surface area contributed by atoms with E-state index in [1.165, 1.54) is 11.1 Å². The number of hydrogen-bond donors (Lipinski definition) is 1. The summed E-state index contributed by atoms with van der Waals surface area (Å²) in [7, 11) is 0. The Labute approximate surface area is 128 Å². The van der Waals surface area contributed by atoms with Gasteiger partial charge in [0.05, 0.1) is 11.6 Å². The van der Waals surface area contributed by atoms with E-state index in [4.69, 9.17) is 0 Å². The molecule has 104 valence electrons. The van der Waals surface area contributed by atoms with Gasteiger partial charge in [0.1, 0.15) is 0 Å². The number of hydrogen-bond acceptors (Lipinski definition) is 1. The lowest BCUT2D eigenvalue weighted by Gasteiger charge is -2.17. The van der Waals surface area contributed by atoms with E-state index in [0.29, 0.717) is 5.56 Å². The van der Waals surface area contributed by atoms with E-state index < -0.39 is 0 Å². The molecule has 0 aliphatic carbocycles. The highest BCUT2D eigenvalue weighted by Gasteiger charge is 2.14. The third-order valence-electron chi connectivity index (χ3n) is 3.36. The first kappa shape index (κ1) is 14.8. The Balaban J connectivity index is 2.17. The molecular formula is C17H18BrNO. The summed E-state index contributed by atoms with van der Waals surface area (Å²) in [6.07, 6.45) is 0. The van der Waals surface area contributed by atoms with Crippen molar-refractivity contribution < 1.29 is 4.79 Å². The van der Waals surface area contributed by atoms with Gasteiger partial charge in [-0.25, -0.2) is 0 Å². The van der Waals surface area contributed by atoms with E-state index >= 15 is 0 Å². The third kappa shape index (κ3) is 3.28. The lowest BCUT2D eigenvalue weighted by atomic mass is 10.00. The Kier molecular flexibility index (Phi) is 4.61. The van der Waals surface area contributed by atoms with E-state index in [0.717, 1.165) is 10.0 Å². The Bertz CT molecular complexity index is 637. The lowest BCUT2D eigenvalue weighted by Crippen LogP contribution is -2.27. The van der Waals surface area contributed by atoms with E-state index in [9.17, 15) is 4.79 Å². The summed E-state index contributed by atoms with van der Waals surface area (Å²) in [6.45, 7) is 6.15. The predicted molar refractivity (Wildman–Crippen MR) is 85.9 cm³/mol. The van der Waals surface area contributed by atoms with Crippen LogP contribution in [0.15, 0.2) is 46.9 Å². The number of rotatable bonds is 3.